The van der Waals surface area contributed by atoms with Gasteiger partial charge in [-0.15, -0.1) is 0 Å². The summed E-state index contributed by atoms with van der Waals surface area (Å²) in [4.78, 5) is 25.3. The first-order valence-corrected chi connectivity index (χ1v) is 10.3. The van der Waals surface area contributed by atoms with E-state index in [4.69, 9.17) is 14.2 Å². The Kier molecular flexibility index (Phi) is 8.30. The fourth-order valence-electron chi connectivity index (χ4n) is 3.54. The van der Waals surface area contributed by atoms with E-state index in [9.17, 15) is 9.59 Å². The Hall–Kier alpha value is -2.08. The Labute approximate surface area is 167 Å². The molecular weight excluding hydrogens is 358 g/mol. The molecule has 1 aliphatic carbocycles. The van der Waals surface area contributed by atoms with Crippen molar-refractivity contribution in [3.63, 3.8) is 0 Å². The molecule has 1 aromatic carbocycles. The van der Waals surface area contributed by atoms with E-state index in [1.165, 1.54) is 7.11 Å². The molecular formula is C22H33NO5. The second-order valence-electron chi connectivity index (χ2n) is 7.33. The standard InChI is InChI=1S/C22H33NO5/c1-5-16(3)28-19-12-11-17(15-18(19)20(24)26-4)23-21(25)22(27-6-2)13-9-7-8-10-14-22/h11-12,15-16H,5-10,13-14H2,1-4H3,(H,23,25)/t16-/m0/s1. The van der Waals surface area contributed by atoms with Crippen molar-refractivity contribution in [1.82, 2.24) is 0 Å². The lowest BCUT2D eigenvalue weighted by Crippen LogP contribution is -2.45. The van der Waals surface area contributed by atoms with Crippen molar-refractivity contribution in [2.24, 2.45) is 0 Å². The third-order valence-electron chi connectivity index (χ3n) is 5.29. The van der Waals surface area contributed by atoms with Gasteiger partial charge in [0.15, 0.2) is 0 Å². The molecule has 1 atom stereocenters. The third kappa shape index (κ3) is 5.47. The molecule has 1 saturated carbocycles. The largest absolute Gasteiger partial charge is 0.490 e. The van der Waals surface area contributed by atoms with Crippen LogP contribution in [0.5, 0.6) is 5.75 Å². The van der Waals surface area contributed by atoms with Crippen molar-refractivity contribution in [2.45, 2.75) is 77.4 Å². The summed E-state index contributed by atoms with van der Waals surface area (Å²) in [6.07, 6.45) is 6.40. The van der Waals surface area contributed by atoms with Crippen molar-refractivity contribution in [3.8, 4) is 5.75 Å². The van der Waals surface area contributed by atoms with Gasteiger partial charge in [-0.1, -0.05) is 32.6 Å². The molecule has 0 saturated heterocycles. The molecule has 0 spiro atoms. The van der Waals surface area contributed by atoms with Crippen LogP contribution < -0.4 is 10.1 Å². The summed E-state index contributed by atoms with van der Waals surface area (Å²) in [5.74, 6) is -0.195. The number of hydrogen-bond acceptors (Lipinski definition) is 5. The molecule has 0 bridgehead atoms. The minimum Gasteiger partial charge on any atom is -0.490 e. The number of esters is 1. The Morgan fingerprint density at radius 3 is 2.39 bits per heavy atom. The van der Waals surface area contributed by atoms with Crippen molar-refractivity contribution in [1.29, 1.82) is 0 Å². The molecule has 6 heteroatoms. The lowest BCUT2D eigenvalue weighted by Gasteiger charge is -2.31. The average Bonchev–Trinajstić information content (AvgIpc) is 2.95. The number of carbonyl (C=O) groups excluding carboxylic acids is 2. The van der Waals surface area contributed by atoms with Gasteiger partial charge in [-0.3, -0.25) is 4.79 Å². The van der Waals surface area contributed by atoms with E-state index in [2.05, 4.69) is 5.32 Å². The summed E-state index contributed by atoms with van der Waals surface area (Å²) in [5, 5.41) is 2.95. The zero-order valence-electron chi connectivity index (χ0n) is 17.5. The Morgan fingerprint density at radius 1 is 1.14 bits per heavy atom. The van der Waals surface area contributed by atoms with Gasteiger partial charge in [0.05, 0.1) is 13.2 Å². The quantitative estimate of drug-likeness (QED) is 0.513. The van der Waals surface area contributed by atoms with E-state index in [1.54, 1.807) is 18.2 Å². The SMILES string of the molecule is CCOC1(C(=O)Nc2ccc(O[C@@H](C)CC)c(C(=O)OC)c2)CCCCCC1. The van der Waals surface area contributed by atoms with E-state index in [1.807, 2.05) is 20.8 Å². The van der Waals surface area contributed by atoms with Gasteiger partial charge >= 0.3 is 5.97 Å². The van der Waals surface area contributed by atoms with Crippen LogP contribution in [0.1, 0.15) is 76.1 Å². The first-order chi connectivity index (χ1) is 13.5. The van der Waals surface area contributed by atoms with Crippen molar-refractivity contribution >= 4 is 17.6 Å². The van der Waals surface area contributed by atoms with Crippen LogP contribution in [-0.2, 0) is 14.3 Å². The molecule has 1 N–H and O–H groups in total. The molecule has 0 aromatic heterocycles. The van der Waals surface area contributed by atoms with E-state index in [0.717, 1.165) is 32.1 Å². The highest BCUT2D eigenvalue weighted by Gasteiger charge is 2.39. The molecule has 0 aliphatic heterocycles. The fourth-order valence-corrected chi connectivity index (χ4v) is 3.54. The van der Waals surface area contributed by atoms with E-state index >= 15 is 0 Å². The zero-order valence-corrected chi connectivity index (χ0v) is 17.5. The number of rotatable bonds is 8. The lowest BCUT2D eigenvalue weighted by atomic mass is 9.92. The Balaban J connectivity index is 2.26. The number of hydrogen-bond donors (Lipinski definition) is 1. The summed E-state index contributed by atoms with van der Waals surface area (Å²) < 4.78 is 16.7. The van der Waals surface area contributed by atoms with Crippen LogP contribution in [0.15, 0.2) is 18.2 Å². The molecule has 1 amide bonds. The molecule has 1 aliphatic rings. The predicted molar refractivity (Wildman–Crippen MR) is 109 cm³/mol. The highest BCUT2D eigenvalue weighted by molar-refractivity contribution is 5.99. The van der Waals surface area contributed by atoms with Gasteiger partial charge in [0.2, 0.25) is 0 Å². The highest BCUT2D eigenvalue weighted by atomic mass is 16.5. The van der Waals surface area contributed by atoms with Gasteiger partial charge in [-0.25, -0.2) is 4.79 Å². The molecule has 1 aromatic rings. The van der Waals surface area contributed by atoms with Crippen molar-refractivity contribution in [2.75, 3.05) is 19.0 Å². The van der Waals surface area contributed by atoms with Crippen LogP contribution in [0.2, 0.25) is 0 Å². The van der Waals surface area contributed by atoms with Gasteiger partial charge in [0.1, 0.15) is 16.9 Å². The van der Waals surface area contributed by atoms with Crippen LogP contribution in [0, 0.1) is 0 Å². The number of carbonyl (C=O) groups is 2. The van der Waals surface area contributed by atoms with E-state index < -0.39 is 11.6 Å². The van der Waals surface area contributed by atoms with Gasteiger partial charge in [-0.2, -0.15) is 0 Å². The van der Waals surface area contributed by atoms with Crippen LogP contribution in [0.3, 0.4) is 0 Å². The lowest BCUT2D eigenvalue weighted by molar-refractivity contribution is -0.143. The van der Waals surface area contributed by atoms with Crippen LogP contribution in [0.4, 0.5) is 5.69 Å². The fraction of sp³-hybridized carbons (Fsp3) is 0.636. The summed E-state index contributed by atoms with van der Waals surface area (Å²) in [5.41, 5.74) is 0.0277. The Bertz CT molecular complexity index is 665. The van der Waals surface area contributed by atoms with Crippen molar-refractivity contribution in [3.05, 3.63) is 23.8 Å². The second kappa shape index (κ2) is 10.5. The van der Waals surface area contributed by atoms with Gasteiger partial charge in [0, 0.05) is 12.3 Å². The number of methoxy groups -OCH3 is 1. The van der Waals surface area contributed by atoms with E-state index in [0.29, 0.717) is 36.4 Å². The molecule has 0 radical (unpaired) electrons. The first-order valence-electron chi connectivity index (χ1n) is 10.3. The summed E-state index contributed by atoms with van der Waals surface area (Å²) in [6, 6.07) is 5.06. The molecule has 0 unspecified atom stereocenters. The number of nitrogens with one attached hydrogen (secondary N) is 1. The second-order valence-corrected chi connectivity index (χ2v) is 7.33. The van der Waals surface area contributed by atoms with Crippen molar-refractivity contribution < 1.29 is 23.8 Å². The maximum atomic E-state index is 13.1. The molecule has 1 fully saturated rings. The third-order valence-corrected chi connectivity index (χ3v) is 5.29. The monoisotopic (exact) mass is 391 g/mol. The van der Waals surface area contributed by atoms with Gasteiger partial charge in [-0.05, 0) is 51.3 Å². The minimum atomic E-state index is -0.803. The number of benzene rings is 1. The van der Waals surface area contributed by atoms with Crippen LogP contribution >= 0.6 is 0 Å². The minimum absolute atomic E-state index is 0.0314. The number of anilines is 1. The summed E-state index contributed by atoms with van der Waals surface area (Å²) in [7, 11) is 1.33. The highest BCUT2D eigenvalue weighted by Crippen LogP contribution is 2.33. The maximum Gasteiger partial charge on any atom is 0.341 e. The first kappa shape index (κ1) is 22.2. The summed E-state index contributed by atoms with van der Waals surface area (Å²) in [6.45, 7) is 6.35. The average molecular weight is 392 g/mol. The summed E-state index contributed by atoms with van der Waals surface area (Å²) >= 11 is 0. The number of amides is 1. The van der Waals surface area contributed by atoms with Gasteiger partial charge < -0.3 is 19.5 Å². The molecule has 28 heavy (non-hydrogen) atoms. The molecule has 156 valence electrons. The molecule has 0 heterocycles. The smallest absolute Gasteiger partial charge is 0.341 e. The van der Waals surface area contributed by atoms with Gasteiger partial charge in [0.25, 0.3) is 5.91 Å². The molecule has 6 nitrogen and oxygen atoms in total. The van der Waals surface area contributed by atoms with E-state index in [-0.39, 0.29) is 12.0 Å². The van der Waals surface area contributed by atoms with Crippen LogP contribution in [0.25, 0.3) is 0 Å². The topological polar surface area (TPSA) is 73.9 Å². The maximum absolute atomic E-state index is 13.1. The normalized spacial score (nSPS) is 17.3. The predicted octanol–water partition coefficient (Wildman–Crippen LogP) is 4.72. The zero-order chi connectivity index (χ0) is 20.6. The molecule has 2 rings (SSSR count). The Morgan fingerprint density at radius 2 is 1.82 bits per heavy atom. The number of ether oxygens (including phenoxy) is 3. The van der Waals surface area contributed by atoms with Crippen LogP contribution in [-0.4, -0.2) is 37.3 Å².